The molecule has 1 saturated heterocycles. The van der Waals surface area contributed by atoms with Crippen LogP contribution < -0.4 is 4.72 Å². The molecule has 0 spiro atoms. The highest BCUT2D eigenvalue weighted by Gasteiger charge is 2.32. The molecule has 2 aromatic rings. The summed E-state index contributed by atoms with van der Waals surface area (Å²) in [6, 6.07) is 17.6. The molecule has 6 heteroatoms. The molecular formula is C21H26N2O3S. The Morgan fingerprint density at radius 1 is 1.15 bits per heavy atom. The highest BCUT2D eigenvalue weighted by Crippen LogP contribution is 2.23. The smallest absolute Gasteiger partial charge is 0.329 e. The van der Waals surface area contributed by atoms with E-state index in [4.69, 9.17) is 4.74 Å². The first kappa shape index (κ1) is 19.7. The van der Waals surface area contributed by atoms with Gasteiger partial charge in [0.25, 0.3) is 0 Å². The molecule has 2 aromatic carbocycles. The van der Waals surface area contributed by atoms with E-state index in [2.05, 4.69) is 16.5 Å². The second-order valence-corrected chi connectivity index (χ2v) is 8.29. The van der Waals surface area contributed by atoms with Crippen LogP contribution in [0.1, 0.15) is 24.9 Å². The minimum absolute atomic E-state index is 0.158. The molecule has 0 saturated carbocycles. The standard InChI is InChI=1S/C21H26N2O3S/c1-16-13-14-23(2)15-19(16)26-21(24)20(17-9-5-3-6-10-17)22-27(25)18-11-7-4-8-12-18/h3-12,16,19-20,22H,13-15H2,1-2H3/t16?,19-,20?,27?/m0/s1. The Bertz CT molecular complexity index is 770. The highest BCUT2D eigenvalue weighted by atomic mass is 32.2. The van der Waals surface area contributed by atoms with Crippen molar-refractivity contribution in [2.24, 2.45) is 5.92 Å². The second-order valence-electron chi connectivity index (χ2n) is 7.05. The van der Waals surface area contributed by atoms with Crippen molar-refractivity contribution in [3.05, 3.63) is 66.2 Å². The van der Waals surface area contributed by atoms with Crippen LogP contribution in [-0.2, 0) is 20.5 Å². The monoisotopic (exact) mass is 386 g/mol. The summed E-state index contributed by atoms with van der Waals surface area (Å²) in [6.07, 6.45) is 0.836. The van der Waals surface area contributed by atoms with Gasteiger partial charge >= 0.3 is 5.97 Å². The van der Waals surface area contributed by atoms with Gasteiger partial charge in [0.15, 0.2) is 0 Å². The van der Waals surface area contributed by atoms with E-state index in [-0.39, 0.29) is 6.10 Å². The molecule has 3 unspecified atom stereocenters. The summed E-state index contributed by atoms with van der Waals surface area (Å²) < 4.78 is 21.5. The highest BCUT2D eigenvalue weighted by molar-refractivity contribution is 7.83. The number of nitrogens with one attached hydrogen (secondary N) is 1. The zero-order chi connectivity index (χ0) is 19.2. The lowest BCUT2D eigenvalue weighted by molar-refractivity contribution is -0.156. The number of benzene rings is 2. The summed E-state index contributed by atoms with van der Waals surface area (Å²) in [5, 5.41) is 0. The van der Waals surface area contributed by atoms with E-state index in [1.165, 1.54) is 0 Å². The second kappa shape index (κ2) is 9.26. The number of likely N-dealkylation sites (N-methyl/N-ethyl adjacent to an activating group) is 1. The lowest BCUT2D eigenvalue weighted by atomic mass is 9.96. The quantitative estimate of drug-likeness (QED) is 0.776. The predicted octanol–water partition coefficient (Wildman–Crippen LogP) is 2.92. The van der Waals surface area contributed by atoms with Crippen molar-refractivity contribution in [1.82, 2.24) is 9.62 Å². The summed E-state index contributed by atoms with van der Waals surface area (Å²) in [4.78, 5) is 15.8. The van der Waals surface area contributed by atoms with E-state index in [1.54, 1.807) is 12.1 Å². The number of esters is 1. The maximum atomic E-state index is 13.0. The van der Waals surface area contributed by atoms with E-state index in [9.17, 15) is 9.00 Å². The van der Waals surface area contributed by atoms with E-state index in [0.717, 1.165) is 25.1 Å². The number of hydrogen-bond acceptors (Lipinski definition) is 4. The first-order chi connectivity index (χ1) is 13.0. The van der Waals surface area contributed by atoms with E-state index < -0.39 is 23.0 Å². The molecule has 1 aliphatic rings. The van der Waals surface area contributed by atoms with Gasteiger partial charge in [-0.05, 0) is 43.6 Å². The topological polar surface area (TPSA) is 58.6 Å². The maximum absolute atomic E-state index is 13.0. The Hall–Kier alpha value is -2.02. The third kappa shape index (κ3) is 5.25. The van der Waals surface area contributed by atoms with Gasteiger partial charge in [0, 0.05) is 6.54 Å². The van der Waals surface area contributed by atoms with Gasteiger partial charge in [0.1, 0.15) is 23.1 Å². The summed E-state index contributed by atoms with van der Waals surface area (Å²) in [5.74, 6) is -0.0844. The van der Waals surface area contributed by atoms with E-state index in [1.807, 2.05) is 55.6 Å². The number of carbonyl (C=O) groups excluding carboxylic acids is 1. The van der Waals surface area contributed by atoms with Crippen LogP contribution >= 0.6 is 0 Å². The molecule has 27 heavy (non-hydrogen) atoms. The van der Waals surface area contributed by atoms with Crippen molar-refractivity contribution in [2.75, 3.05) is 20.1 Å². The van der Waals surface area contributed by atoms with Crippen LogP contribution in [0.3, 0.4) is 0 Å². The lowest BCUT2D eigenvalue weighted by Gasteiger charge is -2.35. The Morgan fingerprint density at radius 3 is 2.44 bits per heavy atom. The molecule has 0 aromatic heterocycles. The van der Waals surface area contributed by atoms with Crippen LogP contribution in [0.4, 0.5) is 0 Å². The molecule has 1 heterocycles. The Labute approximate surface area is 163 Å². The van der Waals surface area contributed by atoms with Crippen molar-refractivity contribution in [1.29, 1.82) is 0 Å². The van der Waals surface area contributed by atoms with Gasteiger partial charge in [-0.25, -0.2) is 13.7 Å². The van der Waals surface area contributed by atoms with Crippen molar-refractivity contribution < 1.29 is 13.7 Å². The molecule has 0 radical (unpaired) electrons. The van der Waals surface area contributed by atoms with Gasteiger partial charge in [-0.1, -0.05) is 55.5 Å². The van der Waals surface area contributed by atoms with Crippen LogP contribution in [0, 0.1) is 5.92 Å². The fraction of sp³-hybridized carbons (Fsp3) is 0.381. The van der Waals surface area contributed by atoms with Crippen LogP contribution in [0.2, 0.25) is 0 Å². The Kier molecular flexibility index (Phi) is 6.77. The first-order valence-electron chi connectivity index (χ1n) is 9.21. The van der Waals surface area contributed by atoms with Crippen molar-refractivity contribution in [3.63, 3.8) is 0 Å². The van der Waals surface area contributed by atoms with E-state index in [0.29, 0.717) is 10.8 Å². The third-order valence-corrected chi connectivity index (χ3v) is 6.06. The molecule has 144 valence electrons. The minimum atomic E-state index is -1.52. The van der Waals surface area contributed by atoms with Crippen LogP contribution in [-0.4, -0.2) is 41.3 Å². The van der Waals surface area contributed by atoms with Gasteiger partial charge < -0.3 is 9.64 Å². The summed E-state index contributed by atoms with van der Waals surface area (Å²) in [7, 11) is 0.514. The van der Waals surface area contributed by atoms with Gasteiger partial charge in [-0.15, -0.1) is 0 Å². The number of ether oxygens (including phenoxy) is 1. The molecule has 1 aliphatic heterocycles. The fourth-order valence-corrected chi connectivity index (χ4v) is 4.16. The van der Waals surface area contributed by atoms with Crippen LogP contribution in [0.25, 0.3) is 0 Å². The van der Waals surface area contributed by atoms with Gasteiger partial charge in [-0.3, -0.25) is 0 Å². The molecule has 4 atom stereocenters. The first-order valence-corrected chi connectivity index (χ1v) is 10.4. The van der Waals surface area contributed by atoms with Crippen LogP contribution in [0.15, 0.2) is 65.6 Å². The number of piperidine rings is 1. The predicted molar refractivity (Wildman–Crippen MR) is 106 cm³/mol. The lowest BCUT2D eigenvalue weighted by Crippen LogP contribution is -2.45. The van der Waals surface area contributed by atoms with Gasteiger partial charge in [0.2, 0.25) is 0 Å². The molecule has 1 fully saturated rings. The molecule has 3 rings (SSSR count). The SMILES string of the molecule is CC1CCN(C)C[C@@H]1OC(=O)C(NS(=O)c1ccccc1)c1ccccc1. The fourth-order valence-electron chi connectivity index (χ4n) is 3.18. The van der Waals surface area contributed by atoms with Crippen LogP contribution in [0.5, 0.6) is 0 Å². The minimum Gasteiger partial charge on any atom is -0.459 e. The summed E-state index contributed by atoms with van der Waals surface area (Å²) in [6.45, 7) is 3.84. The zero-order valence-electron chi connectivity index (χ0n) is 15.7. The number of likely N-dealkylation sites (tertiary alicyclic amines) is 1. The van der Waals surface area contributed by atoms with Gasteiger partial charge in [0.05, 0.1) is 4.90 Å². The maximum Gasteiger partial charge on any atom is 0.329 e. The number of rotatable bonds is 6. The zero-order valence-corrected chi connectivity index (χ0v) is 16.5. The molecule has 1 N–H and O–H groups in total. The van der Waals surface area contributed by atoms with Crippen molar-refractivity contribution in [3.8, 4) is 0 Å². The van der Waals surface area contributed by atoms with Gasteiger partial charge in [-0.2, -0.15) is 0 Å². The average molecular weight is 387 g/mol. The van der Waals surface area contributed by atoms with Crippen molar-refractivity contribution in [2.45, 2.75) is 30.4 Å². The summed E-state index contributed by atoms with van der Waals surface area (Å²) in [5.41, 5.74) is 0.739. The normalized spacial score (nSPS) is 22.7. The summed E-state index contributed by atoms with van der Waals surface area (Å²) >= 11 is 0. The number of carbonyl (C=O) groups is 1. The van der Waals surface area contributed by atoms with Crippen molar-refractivity contribution >= 4 is 17.0 Å². The molecule has 5 nitrogen and oxygen atoms in total. The Balaban J connectivity index is 1.77. The molecule has 0 aliphatic carbocycles. The molecule has 0 bridgehead atoms. The number of hydrogen-bond donors (Lipinski definition) is 1. The number of nitrogens with zero attached hydrogens (tertiary/aromatic N) is 1. The largest absolute Gasteiger partial charge is 0.459 e. The van der Waals surface area contributed by atoms with E-state index >= 15 is 0 Å². The Morgan fingerprint density at radius 2 is 1.78 bits per heavy atom. The molecule has 0 amide bonds. The third-order valence-electron chi connectivity index (χ3n) is 4.91. The molecular weight excluding hydrogens is 360 g/mol. The average Bonchev–Trinajstić information content (AvgIpc) is 2.70.